The first-order valence-electron chi connectivity index (χ1n) is 13.2. The maximum Gasteiger partial charge on any atom is 0.243 e. The van der Waals surface area contributed by atoms with Crippen LogP contribution >= 0.6 is 0 Å². The van der Waals surface area contributed by atoms with E-state index in [2.05, 4.69) is 14.7 Å². The Balaban J connectivity index is 1.08. The Kier molecular flexibility index (Phi) is 6.94. The second kappa shape index (κ2) is 10.4. The molecule has 2 atom stereocenters. The number of benzene rings is 3. The maximum absolute atomic E-state index is 14.3. The number of rotatable bonds is 6. The summed E-state index contributed by atoms with van der Waals surface area (Å²) < 4.78 is 55.3. The van der Waals surface area contributed by atoms with E-state index in [1.807, 2.05) is 12.1 Å². The van der Waals surface area contributed by atoms with Gasteiger partial charge in [0, 0.05) is 75.7 Å². The zero-order chi connectivity index (χ0) is 26.3. The summed E-state index contributed by atoms with van der Waals surface area (Å²) in [5, 5.41) is 0. The second-order valence-electron chi connectivity index (χ2n) is 10.4. The van der Waals surface area contributed by atoms with Crippen LogP contribution in [0, 0.1) is 11.6 Å². The van der Waals surface area contributed by atoms with Gasteiger partial charge in [-0.3, -0.25) is 4.90 Å². The molecule has 0 radical (unpaired) electrons. The molecule has 0 N–H and O–H groups in total. The van der Waals surface area contributed by atoms with Crippen molar-refractivity contribution in [2.24, 2.45) is 0 Å². The summed E-state index contributed by atoms with van der Waals surface area (Å²) in [6.07, 6.45) is 0.932. The van der Waals surface area contributed by atoms with Crippen molar-refractivity contribution < 1.29 is 17.2 Å². The van der Waals surface area contributed by atoms with Crippen LogP contribution in [0.4, 0.5) is 20.2 Å². The zero-order valence-electron chi connectivity index (χ0n) is 21.2. The number of hydrogen-bond acceptors (Lipinski definition) is 5. The number of likely N-dealkylation sites (tertiary alicyclic amines) is 1. The molecule has 6 nitrogen and oxygen atoms in total. The molecule has 0 bridgehead atoms. The van der Waals surface area contributed by atoms with Gasteiger partial charge in [0.25, 0.3) is 0 Å². The van der Waals surface area contributed by atoms with Gasteiger partial charge in [0.05, 0.1) is 4.90 Å². The first-order chi connectivity index (χ1) is 18.4. The van der Waals surface area contributed by atoms with Gasteiger partial charge in [0.15, 0.2) is 0 Å². The number of anilines is 2. The number of fused-ring (bicyclic) bond motifs is 3. The summed E-state index contributed by atoms with van der Waals surface area (Å²) in [4.78, 5) is 7.37. The minimum absolute atomic E-state index is 0.173. The van der Waals surface area contributed by atoms with Crippen LogP contribution < -0.4 is 4.90 Å². The van der Waals surface area contributed by atoms with Crippen LogP contribution in [-0.4, -0.2) is 80.9 Å². The molecule has 0 spiro atoms. The highest BCUT2D eigenvalue weighted by atomic mass is 32.2. The molecule has 0 amide bonds. The molecule has 6 rings (SSSR count). The monoisotopic (exact) mass is 538 g/mol. The van der Waals surface area contributed by atoms with Gasteiger partial charge < -0.3 is 9.80 Å². The molecule has 3 aliphatic rings. The van der Waals surface area contributed by atoms with E-state index in [9.17, 15) is 17.2 Å². The minimum atomic E-state index is -3.45. The highest BCUT2D eigenvalue weighted by molar-refractivity contribution is 7.89. The lowest BCUT2D eigenvalue weighted by Gasteiger charge is -2.40. The number of hydrogen-bond donors (Lipinski definition) is 0. The lowest BCUT2D eigenvalue weighted by atomic mass is 9.89. The van der Waals surface area contributed by atoms with E-state index in [1.54, 1.807) is 46.8 Å². The summed E-state index contributed by atoms with van der Waals surface area (Å²) in [5.41, 5.74) is 2.96. The van der Waals surface area contributed by atoms with Crippen LogP contribution in [0.2, 0.25) is 0 Å². The summed E-state index contributed by atoms with van der Waals surface area (Å²) in [6, 6.07) is 20.4. The van der Waals surface area contributed by atoms with Gasteiger partial charge >= 0.3 is 0 Å². The molecule has 0 unspecified atom stereocenters. The van der Waals surface area contributed by atoms with Crippen molar-refractivity contribution >= 4 is 21.4 Å². The predicted octanol–water partition coefficient (Wildman–Crippen LogP) is 4.28. The average Bonchev–Trinajstić information content (AvgIpc) is 3.26. The topological polar surface area (TPSA) is 47.1 Å². The third-order valence-electron chi connectivity index (χ3n) is 8.19. The number of halogens is 2. The van der Waals surface area contributed by atoms with E-state index >= 15 is 0 Å². The van der Waals surface area contributed by atoms with E-state index in [-0.39, 0.29) is 23.6 Å². The second-order valence-corrected chi connectivity index (χ2v) is 12.3. The molecular weight excluding hydrogens is 506 g/mol. The fraction of sp³-hybridized carbons (Fsp3) is 0.379. The Labute approximate surface area is 223 Å². The molecule has 2 fully saturated rings. The van der Waals surface area contributed by atoms with Crippen LogP contribution in [-0.2, 0) is 10.0 Å². The van der Waals surface area contributed by atoms with E-state index in [4.69, 9.17) is 0 Å². The van der Waals surface area contributed by atoms with Gasteiger partial charge in [-0.1, -0.05) is 18.2 Å². The van der Waals surface area contributed by atoms with Gasteiger partial charge in [0.2, 0.25) is 10.0 Å². The lowest BCUT2D eigenvalue weighted by Crippen LogP contribution is -2.51. The number of sulfonamides is 1. The Bertz CT molecular complexity index is 1380. The standard InChI is InChI=1S/C29H32F2N4O2S/c30-22-6-9-24(10-7-22)35-28-11-8-23(31)20-26(28)27-21-33(13-12-29(27)35)15-14-32-16-18-34(19-17-32)38(36,37)25-4-2-1-3-5-25/h1-11,20,27,29H,12-19,21H2/t27-,29+/m0/s1. The molecule has 3 aromatic rings. The first kappa shape index (κ1) is 25.4. The van der Waals surface area contributed by atoms with Crippen molar-refractivity contribution in [1.29, 1.82) is 0 Å². The van der Waals surface area contributed by atoms with Gasteiger partial charge in [0.1, 0.15) is 11.6 Å². The molecule has 0 aliphatic carbocycles. The molecule has 0 saturated carbocycles. The van der Waals surface area contributed by atoms with E-state index in [0.717, 1.165) is 49.5 Å². The van der Waals surface area contributed by atoms with Crippen molar-refractivity contribution in [3.63, 3.8) is 0 Å². The normalized spacial score (nSPS) is 22.8. The third kappa shape index (κ3) is 4.84. The molecule has 200 valence electrons. The molecule has 3 aliphatic heterocycles. The highest BCUT2D eigenvalue weighted by Crippen LogP contribution is 2.48. The van der Waals surface area contributed by atoms with Gasteiger partial charge in [-0.25, -0.2) is 17.2 Å². The van der Waals surface area contributed by atoms with Crippen molar-refractivity contribution in [1.82, 2.24) is 14.1 Å². The maximum atomic E-state index is 14.3. The molecule has 3 heterocycles. The van der Waals surface area contributed by atoms with Crippen molar-refractivity contribution in [3.05, 3.63) is 90.0 Å². The fourth-order valence-corrected chi connectivity index (χ4v) is 7.64. The van der Waals surface area contributed by atoms with E-state index in [0.29, 0.717) is 31.1 Å². The molecule has 38 heavy (non-hydrogen) atoms. The Hall–Kier alpha value is -2.85. The Morgan fingerprint density at radius 1 is 0.763 bits per heavy atom. The predicted molar refractivity (Wildman–Crippen MR) is 144 cm³/mol. The van der Waals surface area contributed by atoms with Crippen LogP contribution in [0.25, 0.3) is 0 Å². The van der Waals surface area contributed by atoms with E-state index < -0.39 is 10.0 Å². The Morgan fingerprint density at radius 3 is 2.18 bits per heavy atom. The molecule has 2 saturated heterocycles. The number of piperidine rings is 1. The lowest BCUT2D eigenvalue weighted by molar-refractivity contribution is 0.139. The van der Waals surface area contributed by atoms with Crippen molar-refractivity contribution in [2.75, 3.05) is 57.3 Å². The molecule has 0 aromatic heterocycles. The smallest absolute Gasteiger partial charge is 0.243 e. The highest BCUT2D eigenvalue weighted by Gasteiger charge is 2.42. The fourth-order valence-electron chi connectivity index (χ4n) is 6.20. The summed E-state index contributed by atoms with van der Waals surface area (Å²) in [6.45, 7) is 5.90. The number of piperazine rings is 1. The third-order valence-corrected chi connectivity index (χ3v) is 10.1. The van der Waals surface area contributed by atoms with Crippen molar-refractivity contribution in [2.45, 2.75) is 23.3 Å². The SMILES string of the molecule is O=S(=O)(c1ccccc1)N1CCN(CCN2CC[C@@H]3[C@@H](C2)c2cc(F)ccc2N3c2ccc(F)cc2)CC1. The Morgan fingerprint density at radius 2 is 1.45 bits per heavy atom. The van der Waals surface area contributed by atoms with E-state index in [1.165, 1.54) is 18.2 Å². The molecule has 3 aromatic carbocycles. The largest absolute Gasteiger partial charge is 0.337 e. The quantitative estimate of drug-likeness (QED) is 0.469. The van der Waals surface area contributed by atoms with Crippen LogP contribution in [0.3, 0.4) is 0 Å². The first-order valence-corrected chi connectivity index (χ1v) is 14.7. The molecular formula is C29H32F2N4O2S. The van der Waals surface area contributed by atoms with Crippen LogP contribution in [0.1, 0.15) is 17.9 Å². The number of nitrogens with zero attached hydrogens (tertiary/aromatic N) is 4. The minimum Gasteiger partial charge on any atom is -0.337 e. The summed E-state index contributed by atoms with van der Waals surface area (Å²) >= 11 is 0. The average molecular weight is 539 g/mol. The zero-order valence-corrected chi connectivity index (χ0v) is 22.0. The van der Waals surface area contributed by atoms with Gasteiger partial charge in [-0.05, 0) is 66.6 Å². The summed E-state index contributed by atoms with van der Waals surface area (Å²) in [7, 11) is -3.45. The van der Waals surface area contributed by atoms with Crippen LogP contribution in [0.5, 0.6) is 0 Å². The van der Waals surface area contributed by atoms with Crippen molar-refractivity contribution in [3.8, 4) is 0 Å². The molecule has 9 heteroatoms. The summed E-state index contributed by atoms with van der Waals surface area (Å²) in [5.74, 6) is -0.326. The van der Waals surface area contributed by atoms with Gasteiger partial charge in [-0.2, -0.15) is 4.31 Å². The van der Waals surface area contributed by atoms with Crippen LogP contribution in [0.15, 0.2) is 77.7 Å². The van der Waals surface area contributed by atoms with Gasteiger partial charge in [-0.15, -0.1) is 0 Å².